The number of aromatic hydroxyl groups is 2. The molecule has 2 N–H and O–H groups in total. The molecule has 0 bridgehead atoms. The summed E-state index contributed by atoms with van der Waals surface area (Å²) in [4.78, 5) is 10.3. The number of hydrogen-bond acceptors (Lipinski definition) is 5. The van der Waals surface area contributed by atoms with E-state index < -0.39 is 4.92 Å². The normalized spacial score (nSPS) is 10.2. The second-order valence-electron chi connectivity index (χ2n) is 3.60. The molecular weight excluding hydrogens is 318 g/mol. The predicted octanol–water partition coefficient (Wildman–Crippen LogP) is 3.56. The van der Waals surface area contributed by atoms with E-state index in [4.69, 9.17) is 9.84 Å². The summed E-state index contributed by atoms with van der Waals surface area (Å²) in [5, 5.41) is 29.6. The summed E-state index contributed by atoms with van der Waals surface area (Å²) in [6.45, 7) is 0. The molecule has 2 rings (SSSR count). The zero-order valence-electron chi connectivity index (χ0n) is 9.41. The minimum atomic E-state index is -0.653. The van der Waals surface area contributed by atoms with Crippen LogP contribution in [0.1, 0.15) is 0 Å². The van der Waals surface area contributed by atoms with Crippen LogP contribution in [0.5, 0.6) is 23.0 Å². The number of halogens is 1. The lowest BCUT2D eigenvalue weighted by Gasteiger charge is -2.08. The largest absolute Gasteiger partial charge is 0.508 e. The minimum Gasteiger partial charge on any atom is -0.508 e. The van der Waals surface area contributed by atoms with Gasteiger partial charge in [-0.15, -0.1) is 0 Å². The highest BCUT2D eigenvalue weighted by molar-refractivity contribution is 9.10. The maximum atomic E-state index is 11.0. The van der Waals surface area contributed by atoms with Crippen molar-refractivity contribution in [1.29, 1.82) is 0 Å². The number of phenols is 2. The van der Waals surface area contributed by atoms with Crippen molar-refractivity contribution in [1.82, 2.24) is 0 Å². The quantitative estimate of drug-likeness (QED) is 0.664. The van der Waals surface area contributed by atoms with Crippen molar-refractivity contribution in [3.63, 3.8) is 0 Å². The Morgan fingerprint density at radius 3 is 2.32 bits per heavy atom. The summed E-state index contributed by atoms with van der Waals surface area (Å²) < 4.78 is 5.32. The van der Waals surface area contributed by atoms with Gasteiger partial charge in [0.2, 0.25) is 5.75 Å². The molecule has 6 nitrogen and oxygen atoms in total. The smallest absolute Gasteiger partial charge is 0.329 e. The zero-order valence-corrected chi connectivity index (χ0v) is 11.0. The van der Waals surface area contributed by atoms with Crippen molar-refractivity contribution >= 4 is 21.6 Å². The van der Waals surface area contributed by atoms with Crippen LogP contribution in [0.2, 0.25) is 0 Å². The number of ether oxygens (including phenoxy) is 1. The summed E-state index contributed by atoms with van der Waals surface area (Å²) >= 11 is 2.94. The third-order valence-electron chi connectivity index (χ3n) is 2.31. The molecule has 0 spiro atoms. The van der Waals surface area contributed by atoms with Crippen LogP contribution >= 0.6 is 15.9 Å². The molecule has 0 atom stereocenters. The van der Waals surface area contributed by atoms with Gasteiger partial charge in [0.05, 0.1) is 4.92 Å². The molecule has 0 unspecified atom stereocenters. The lowest BCUT2D eigenvalue weighted by Crippen LogP contribution is -1.94. The third kappa shape index (κ3) is 2.76. The second-order valence-corrected chi connectivity index (χ2v) is 4.39. The fourth-order valence-corrected chi connectivity index (χ4v) is 1.90. The number of hydrogen-bond donors (Lipinski definition) is 2. The first-order chi connectivity index (χ1) is 8.99. The van der Waals surface area contributed by atoms with Gasteiger partial charge in [-0.05, 0) is 52.3 Å². The Labute approximate surface area is 116 Å². The molecular formula is C12H8BrNO5. The second kappa shape index (κ2) is 5.15. The molecule has 0 aliphatic rings. The first-order valence-corrected chi connectivity index (χ1v) is 5.91. The van der Waals surface area contributed by atoms with E-state index >= 15 is 0 Å². The lowest BCUT2D eigenvalue weighted by molar-refractivity contribution is -0.386. The van der Waals surface area contributed by atoms with Crippen LogP contribution in [0.15, 0.2) is 40.9 Å². The molecule has 0 fully saturated rings. The summed E-state index contributed by atoms with van der Waals surface area (Å²) in [5.41, 5.74) is -0.368. The van der Waals surface area contributed by atoms with Crippen molar-refractivity contribution in [3.05, 3.63) is 51.0 Å². The van der Waals surface area contributed by atoms with Crippen molar-refractivity contribution < 1.29 is 19.9 Å². The number of benzene rings is 2. The van der Waals surface area contributed by atoms with Crippen LogP contribution in [0.25, 0.3) is 0 Å². The maximum Gasteiger partial charge on any atom is 0.329 e. The standard InChI is InChI=1S/C12H8BrNO5/c13-11-9(16)5-6-10(12(11)14(17)18)19-8-3-1-7(15)2-4-8/h1-6,15-16H. The fourth-order valence-electron chi connectivity index (χ4n) is 1.43. The fraction of sp³-hybridized carbons (Fsp3) is 0. The molecule has 19 heavy (non-hydrogen) atoms. The Bertz CT molecular complexity index is 627. The van der Waals surface area contributed by atoms with Crippen LogP contribution in [0.3, 0.4) is 0 Å². The average molecular weight is 326 g/mol. The molecule has 0 heterocycles. The molecule has 2 aromatic carbocycles. The van der Waals surface area contributed by atoms with E-state index in [2.05, 4.69) is 15.9 Å². The maximum absolute atomic E-state index is 11.0. The number of nitro groups is 1. The van der Waals surface area contributed by atoms with Gasteiger partial charge in [0.25, 0.3) is 0 Å². The van der Waals surface area contributed by atoms with Gasteiger partial charge in [-0.2, -0.15) is 0 Å². The predicted molar refractivity (Wildman–Crippen MR) is 70.6 cm³/mol. The highest BCUT2D eigenvalue weighted by atomic mass is 79.9. The van der Waals surface area contributed by atoms with Crippen LogP contribution in [0, 0.1) is 10.1 Å². The van der Waals surface area contributed by atoms with Crippen molar-refractivity contribution in [2.75, 3.05) is 0 Å². The molecule has 0 aliphatic heterocycles. The van der Waals surface area contributed by atoms with Gasteiger partial charge in [-0.3, -0.25) is 10.1 Å². The van der Waals surface area contributed by atoms with Gasteiger partial charge < -0.3 is 14.9 Å². The molecule has 0 saturated carbocycles. The SMILES string of the molecule is O=[N+]([O-])c1c(Oc2ccc(O)cc2)ccc(O)c1Br. The molecule has 0 aromatic heterocycles. The van der Waals surface area contributed by atoms with Gasteiger partial charge in [-0.25, -0.2) is 0 Å². The Hall–Kier alpha value is -2.28. The summed E-state index contributed by atoms with van der Waals surface area (Å²) in [6, 6.07) is 8.32. The van der Waals surface area contributed by atoms with Gasteiger partial charge >= 0.3 is 5.69 Å². The number of phenolic OH excluding ortho intramolecular Hbond substituents is 2. The van der Waals surface area contributed by atoms with E-state index in [1.54, 1.807) is 0 Å². The highest BCUT2D eigenvalue weighted by Crippen LogP contribution is 2.42. The number of rotatable bonds is 3. The summed E-state index contributed by atoms with van der Waals surface area (Å²) in [6.07, 6.45) is 0. The van der Waals surface area contributed by atoms with Crippen LogP contribution in [0.4, 0.5) is 5.69 Å². The van der Waals surface area contributed by atoms with E-state index in [1.165, 1.54) is 36.4 Å². The molecule has 0 aliphatic carbocycles. The topological polar surface area (TPSA) is 92.8 Å². The monoisotopic (exact) mass is 325 g/mol. The third-order valence-corrected chi connectivity index (χ3v) is 3.09. The van der Waals surface area contributed by atoms with E-state index in [-0.39, 0.29) is 27.4 Å². The number of nitro benzene ring substituents is 1. The minimum absolute atomic E-state index is 0.0136. The van der Waals surface area contributed by atoms with Gasteiger partial charge in [-0.1, -0.05) is 0 Å². The molecule has 2 aromatic rings. The highest BCUT2D eigenvalue weighted by Gasteiger charge is 2.23. The Morgan fingerprint density at radius 2 is 1.74 bits per heavy atom. The van der Waals surface area contributed by atoms with E-state index in [0.29, 0.717) is 5.75 Å². The van der Waals surface area contributed by atoms with Gasteiger partial charge in [0.15, 0.2) is 0 Å². The van der Waals surface area contributed by atoms with E-state index in [0.717, 1.165) is 0 Å². The summed E-state index contributed by atoms with van der Waals surface area (Å²) in [5.74, 6) is 0.136. The van der Waals surface area contributed by atoms with Crippen LogP contribution in [-0.2, 0) is 0 Å². The van der Waals surface area contributed by atoms with E-state index in [1.807, 2.05) is 0 Å². The van der Waals surface area contributed by atoms with E-state index in [9.17, 15) is 15.2 Å². The average Bonchev–Trinajstić information content (AvgIpc) is 2.36. The molecule has 0 saturated heterocycles. The molecule has 7 heteroatoms. The molecule has 0 radical (unpaired) electrons. The summed E-state index contributed by atoms with van der Waals surface area (Å²) in [7, 11) is 0. The molecule has 98 valence electrons. The lowest BCUT2D eigenvalue weighted by atomic mass is 10.2. The Kier molecular flexibility index (Phi) is 3.57. The van der Waals surface area contributed by atoms with Crippen LogP contribution < -0.4 is 4.74 Å². The number of nitrogens with zero attached hydrogens (tertiary/aromatic N) is 1. The zero-order chi connectivity index (χ0) is 14.0. The Balaban J connectivity index is 2.42. The van der Waals surface area contributed by atoms with Gasteiger partial charge in [0, 0.05) is 0 Å². The van der Waals surface area contributed by atoms with Gasteiger partial charge in [0.1, 0.15) is 21.7 Å². The Morgan fingerprint density at radius 1 is 1.11 bits per heavy atom. The van der Waals surface area contributed by atoms with Crippen molar-refractivity contribution in [2.45, 2.75) is 0 Å². The first-order valence-electron chi connectivity index (χ1n) is 5.12. The van der Waals surface area contributed by atoms with Crippen molar-refractivity contribution in [3.8, 4) is 23.0 Å². The van der Waals surface area contributed by atoms with Crippen LogP contribution in [-0.4, -0.2) is 15.1 Å². The molecule has 0 amide bonds. The first kappa shape index (κ1) is 13.2. The van der Waals surface area contributed by atoms with Crippen molar-refractivity contribution in [2.24, 2.45) is 0 Å².